The number of hydrogen-bond donors (Lipinski definition) is 1. The van der Waals surface area contributed by atoms with Gasteiger partial charge in [-0.2, -0.15) is 4.90 Å². The van der Waals surface area contributed by atoms with E-state index in [1.807, 2.05) is 0 Å². The van der Waals surface area contributed by atoms with E-state index < -0.39 is 4.90 Å². The van der Waals surface area contributed by atoms with E-state index in [9.17, 15) is 10.4 Å². The highest BCUT2D eigenvalue weighted by molar-refractivity contribution is 6.02. The fraction of sp³-hybridized carbons (Fsp3) is 0.375. The molecule has 0 saturated carbocycles. The molecule has 1 aliphatic carbocycles. The van der Waals surface area contributed by atoms with Gasteiger partial charge >= 0.3 is 0 Å². The Hall–Kier alpha value is -1.49. The molecule has 0 amide bonds. The Morgan fingerprint density at radius 1 is 1.54 bits per heavy atom. The molecule has 0 bridgehead atoms. The molecule has 1 fully saturated rings. The molecule has 5 heteroatoms. The van der Waals surface area contributed by atoms with Crippen molar-refractivity contribution < 1.29 is 9.64 Å². The zero-order valence-electron chi connectivity index (χ0n) is 6.90. The minimum absolute atomic E-state index is 0.0115. The maximum atomic E-state index is 10.4. The number of ether oxygens (including phenoxy) is 1. The number of fused-ring (bicyclic) bond motifs is 1. The third-order valence-corrected chi connectivity index (χ3v) is 2.00. The van der Waals surface area contributed by atoms with Crippen molar-refractivity contribution in [1.29, 1.82) is 0 Å². The van der Waals surface area contributed by atoms with Gasteiger partial charge in [0, 0.05) is 12.6 Å². The second kappa shape index (κ2) is 3.10. The van der Waals surface area contributed by atoms with Crippen molar-refractivity contribution in [3.8, 4) is 0 Å². The van der Waals surface area contributed by atoms with E-state index in [1.54, 1.807) is 6.08 Å². The predicted octanol–water partition coefficient (Wildman–Crippen LogP) is -0.122. The second-order valence-electron chi connectivity index (χ2n) is 2.87. The van der Waals surface area contributed by atoms with Crippen LogP contribution in [0.4, 0.5) is 0 Å². The van der Waals surface area contributed by atoms with E-state index in [2.05, 4.69) is 5.32 Å². The number of morpholine rings is 1. The van der Waals surface area contributed by atoms with Crippen LogP contribution < -0.4 is 5.32 Å². The first-order valence-corrected chi connectivity index (χ1v) is 4.05. The molecule has 1 saturated heterocycles. The van der Waals surface area contributed by atoms with Crippen molar-refractivity contribution >= 4 is 5.71 Å². The highest BCUT2D eigenvalue weighted by Gasteiger charge is 2.22. The molecule has 0 aromatic rings. The first-order valence-electron chi connectivity index (χ1n) is 4.05. The summed E-state index contributed by atoms with van der Waals surface area (Å²) in [7, 11) is 0. The van der Waals surface area contributed by atoms with E-state index in [4.69, 9.17) is 4.74 Å². The summed E-state index contributed by atoms with van der Waals surface area (Å²) in [5, 5.41) is 24.0. The van der Waals surface area contributed by atoms with Crippen molar-refractivity contribution in [2.75, 3.05) is 13.2 Å². The molecule has 1 atom stereocenters. The van der Waals surface area contributed by atoms with Crippen LogP contribution >= 0.6 is 0 Å². The molecule has 5 nitrogen and oxygen atoms in total. The molecule has 2 rings (SSSR count). The SMILES string of the molecule is [O-][N+]([O-])=C1C=CC2NCCOC2=C1. The molecule has 13 heavy (non-hydrogen) atoms. The molecule has 1 N–H and O–H groups in total. The van der Waals surface area contributed by atoms with E-state index in [-0.39, 0.29) is 11.8 Å². The predicted molar refractivity (Wildman–Crippen MR) is 47.0 cm³/mol. The first-order chi connectivity index (χ1) is 6.27. The van der Waals surface area contributed by atoms with Gasteiger partial charge in [-0.25, -0.2) is 0 Å². The Morgan fingerprint density at radius 3 is 3.15 bits per heavy atom. The van der Waals surface area contributed by atoms with E-state index in [1.165, 1.54) is 12.2 Å². The Morgan fingerprint density at radius 2 is 2.38 bits per heavy atom. The average molecular weight is 181 g/mol. The molecule has 1 aliphatic heterocycles. The van der Waals surface area contributed by atoms with Crippen molar-refractivity contribution in [3.05, 3.63) is 34.4 Å². The van der Waals surface area contributed by atoms with Gasteiger partial charge in [0.05, 0.1) is 12.1 Å². The average Bonchev–Trinajstić information content (AvgIpc) is 2.17. The van der Waals surface area contributed by atoms with Crippen LogP contribution in [0.3, 0.4) is 0 Å². The molecule has 70 valence electrons. The van der Waals surface area contributed by atoms with Crippen LogP contribution in [0.1, 0.15) is 0 Å². The molecule has 0 radical (unpaired) electrons. The summed E-state index contributed by atoms with van der Waals surface area (Å²) in [5.74, 6) is 0.639. The third-order valence-electron chi connectivity index (χ3n) is 2.00. The van der Waals surface area contributed by atoms with Gasteiger partial charge in [-0.15, -0.1) is 0 Å². The molecule has 1 heterocycles. The largest absolute Gasteiger partial charge is 0.612 e. The molecule has 1 unspecified atom stereocenters. The van der Waals surface area contributed by atoms with Crippen LogP contribution in [-0.2, 0) is 4.74 Å². The van der Waals surface area contributed by atoms with E-state index >= 15 is 0 Å². The van der Waals surface area contributed by atoms with Crippen LogP contribution in [0.25, 0.3) is 0 Å². The number of allylic oxidation sites excluding steroid dienone is 2. The zero-order valence-corrected chi connectivity index (χ0v) is 6.90. The van der Waals surface area contributed by atoms with Gasteiger partial charge < -0.3 is 20.5 Å². The van der Waals surface area contributed by atoms with E-state index in [0.717, 1.165) is 6.54 Å². The Balaban J connectivity index is 2.26. The second-order valence-corrected chi connectivity index (χ2v) is 2.87. The van der Waals surface area contributed by atoms with Crippen LogP contribution in [0.15, 0.2) is 24.0 Å². The van der Waals surface area contributed by atoms with Crippen LogP contribution in [-0.4, -0.2) is 29.8 Å². The topological polar surface area (TPSA) is 70.4 Å². The quantitative estimate of drug-likeness (QED) is 0.417. The number of rotatable bonds is 0. The summed E-state index contributed by atoms with van der Waals surface area (Å²) in [6, 6.07) is 0.0115. The first kappa shape index (κ1) is 8.12. The molecular weight excluding hydrogens is 172 g/mol. The lowest BCUT2D eigenvalue weighted by molar-refractivity contribution is -0.377. The van der Waals surface area contributed by atoms with Crippen LogP contribution in [0.2, 0.25) is 0 Å². The third kappa shape index (κ3) is 1.50. The van der Waals surface area contributed by atoms with Gasteiger partial charge in [0.25, 0.3) is 0 Å². The fourth-order valence-corrected chi connectivity index (χ4v) is 1.37. The Bertz CT molecular complexity index is 303. The monoisotopic (exact) mass is 181 g/mol. The van der Waals surface area contributed by atoms with Crippen LogP contribution in [0.5, 0.6) is 0 Å². The molecule has 0 aromatic carbocycles. The molecule has 2 aliphatic rings. The lowest BCUT2D eigenvalue weighted by Crippen LogP contribution is -2.40. The number of hydrogen-bond acceptors (Lipinski definition) is 4. The molecular formula is C8H9N2O3-. The van der Waals surface area contributed by atoms with Gasteiger partial charge in [-0.3, -0.25) is 0 Å². The summed E-state index contributed by atoms with van der Waals surface area (Å²) < 4.78 is 5.28. The highest BCUT2D eigenvalue weighted by Crippen LogP contribution is 2.14. The number of nitrogens with one attached hydrogen (secondary N) is 1. The maximum absolute atomic E-state index is 10.4. The lowest BCUT2D eigenvalue weighted by Gasteiger charge is -2.26. The van der Waals surface area contributed by atoms with Crippen molar-refractivity contribution in [1.82, 2.24) is 5.32 Å². The van der Waals surface area contributed by atoms with Gasteiger partial charge in [0.1, 0.15) is 12.4 Å². The van der Waals surface area contributed by atoms with Gasteiger partial charge in [-0.05, 0) is 0 Å². The summed E-state index contributed by atoms with van der Waals surface area (Å²) in [5.41, 5.74) is 0.0787. The van der Waals surface area contributed by atoms with Crippen molar-refractivity contribution in [2.45, 2.75) is 6.04 Å². The van der Waals surface area contributed by atoms with Gasteiger partial charge in [0.2, 0.25) is 5.71 Å². The smallest absolute Gasteiger partial charge is 0.225 e. The molecule has 0 aromatic heterocycles. The maximum Gasteiger partial charge on any atom is 0.225 e. The summed E-state index contributed by atoms with van der Waals surface area (Å²) in [4.78, 5) is -0.419. The van der Waals surface area contributed by atoms with Gasteiger partial charge in [0.15, 0.2) is 0 Å². The Kier molecular flexibility index (Phi) is 1.94. The normalized spacial score (nSPS) is 26.0. The van der Waals surface area contributed by atoms with E-state index in [0.29, 0.717) is 12.4 Å². The minimum atomic E-state index is -0.419. The Labute approximate surface area is 75.2 Å². The lowest BCUT2D eigenvalue weighted by atomic mass is 10.1. The summed E-state index contributed by atoms with van der Waals surface area (Å²) >= 11 is 0. The minimum Gasteiger partial charge on any atom is -0.612 e. The van der Waals surface area contributed by atoms with Crippen molar-refractivity contribution in [3.63, 3.8) is 0 Å². The summed E-state index contributed by atoms with van der Waals surface area (Å²) in [6.07, 6.45) is 4.71. The summed E-state index contributed by atoms with van der Waals surface area (Å²) in [6.45, 7) is 1.35. The van der Waals surface area contributed by atoms with Crippen molar-refractivity contribution in [2.24, 2.45) is 0 Å². The van der Waals surface area contributed by atoms with Crippen LogP contribution in [0, 0.1) is 10.4 Å². The highest BCUT2D eigenvalue weighted by atomic mass is 16.8. The standard InChI is InChI=1S/C8H9N2O3/c11-10(12)6-1-2-7-8(5-6)13-4-3-9-7/h1-2,5,7,9H,3-4H2/q-1. The zero-order chi connectivity index (χ0) is 9.26. The fourth-order valence-electron chi connectivity index (χ4n) is 1.37. The molecule has 0 spiro atoms. The number of nitrogens with zero attached hydrogens (tertiary/aromatic N) is 1. The van der Waals surface area contributed by atoms with Gasteiger partial charge in [-0.1, -0.05) is 6.08 Å².